The van der Waals surface area contributed by atoms with Crippen LogP contribution in [0.2, 0.25) is 0 Å². The zero-order valence-electron chi connectivity index (χ0n) is 11.3. The molecule has 2 fully saturated rings. The van der Waals surface area contributed by atoms with Gasteiger partial charge in [0.25, 0.3) is 0 Å². The van der Waals surface area contributed by atoms with Gasteiger partial charge < -0.3 is 20.3 Å². The second kappa shape index (κ2) is 5.16. The molecule has 3 rings (SSSR count). The first-order valence-corrected chi connectivity index (χ1v) is 6.89. The molecule has 110 valence electrons. The lowest BCUT2D eigenvalue weighted by atomic mass is 10.2. The van der Waals surface area contributed by atoms with Crippen molar-refractivity contribution >= 4 is 5.82 Å². The smallest absolute Gasteiger partial charge is 0.351 e. The number of anilines is 1. The fourth-order valence-corrected chi connectivity index (χ4v) is 2.39. The monoisotopic (exact) mass is 281 g/mol. The van der Waals surface area contributed by atoms with Crippen LogP contribution < -0.4 is 11.0 Å². The number of hydrogen-bond acceptors (Lipinski definition) is 6. The van der Waals surface area contributed by atoms with E-state index in [0.717, 1.165) is 18.4 Å². The van der Waals surface area contributed by atoms with Crippen LogP contribution in [0, 0.1) is 6.92 Å². The number of nitrogens with one attached hydrogen (secondary N) is 1. The van der Waals surface area contributed by atoms with Gasteiger partial charge in [0, 0.05) is 24.2 Å². The summed E-state index contributed by atoms with van der Waals surface area (Å²) in [6, 6.07) is 0.430. The molecule has 1 aromatic heterocycles. The standard InChI is InChI=1S/C13H19N3O4/c1-7-5-16(11-4-9(18)10(6-17)20-11)13(19)15-12(7)14-8-2-3-8/h5,8-11,17-18H,2-4,6H2,1H3,(H,14,15,19)/t9-,10+,11+/m1/s1. The summed E-state index contributed by atoms with van der Waals surface area (Å²) in [6.45, 7) is 1.61. The fraction of sp³-hybridized carbons (Fsp3) is 0.692. The molecule has 1 aliphatic heterocycles. The molecule has 3 N–H and O–H groups in total. The average molecular weight is 281 g/mol. The highest BCUT2D eigenvalue weighted by atomic mass is 16.5. The van der Waals surface area contributed by atoms with Crippen LogP contribution in [-0.4, -0.2) is 44.6 Å². The lowest BCUT2D eigenvalue weighted by Gasteiger charge is -2.16. The van der Waals surface area contributed by atoms with Gasteiger partial charge in [0.05, 0.1) is 12.7 Å². The van der Waals surface area contributed by atoms with E-state index in [1.165, 1.54) is 4.57 Å². The highest BCUT2D eigenvalue weighted by Crippen LogP contribution is 2.29. The fourth-order valence-electron chi connectivity index (χ4n) is 2.39. The molecule has 1 aliphatic carbocycles. The first-order valence-electron chi connectivity index (χ1n) is 6.89. The van der Waals surface area contributed by atoms with Gasteiger partial charge in [0.15, 0.2) is 0 Å². The predicted octanol–water partition coefficient (Wildman–Crippen LogP) is -0.233. The number of aliphatic hydroxyl groups excluding tert-OH is 2. The van der Waals surface area contributed by atoms with Gasteiger partial charge in [-0.2, -0.15) is 4.98 Å². The van der Waals surface area contributed by atoms with Crippen LogP contribution in [0.4, 0.5) is 5.82 Å². The summed E-state index contributed by atoms with van der Waals surface area (Å²) < 4.78 is 6.86. The highest BCUT2D eigenvalue weighted by molar-refractivity contribution is 5.43. The minimum atomic E-state index is -0.763. The van der Waals surface area contributed by atoms with Crippen molar-refractivity contribution in [2.75, 3.05) is 11.9 Å². The summed E-state index contributed by atoms with van der Waals surface area (Å²) in [5.74, 6) is 0.617. The summed E-state index contributed by atoms with van der Waals surface area (Å²) in [5.41, 5.74) is 0.455. The minimum Gasteiger partial charge on any atom is -0.394 e. The van der Waals surface area contributed by atoms with Crippen LogP contribution in [0.15, 0.2) is 11.0 Å². The number of aryl methyl sites for hydroxylation is 1. The van der Waals surface area contributed by atoms with Crippen LogP contribution in [-0.2, 0) is 4.74 Å². The van der Waals surface area contributed by atoms with E-state index in [0.29, 0.717) is 11.9 Å². The molecule has 1 saturated carbocycles. The summed E-state index contributed by atoms with van der Waals surface area (Å²) in [6.07, 6.45) is 2.22. The number of aliphatic hydroxyl groups is 2. The number of ether oxygens (including phenoxy) is 1. The quantitative estimate of drug-likeness (QED) is 0.705. The van der Waals surface area contributed by atoms with Crippen LogP contribution >= 0.6 is 0 Å². The van der Waals surface area contributed by atoms with E-state index in [-0.39, 0.29) is 13.0 Å². The minimum absolute atomic E-state index is 0.264. The molecule has 3 atom stereocenters. The zero-order valence-corrected chi connectivity index (χ0v) is 11.3. The van der Waals surface area contributed by atoms with Crippen molar-refractivity contribution in [3.8, 4) is 0 Å². The Balaban J connectivity index is 1.83. The van der Waals surface area contributed by atoms with Crippen molar-refractivity contribution < 1.29 is 14.9 Å². The van der Waals surface area contributed by atoms with Crippen LogP contribution in [0.25, 0.3) is 0 Å². The maximum absolute atomic E-state index is 12.1. The van der Waals surface area contributed by atoms with E-state index < -0.39 is 24.1 Å². The van der Waals surface area contributed by atoms with Crippen LogP contribution in [0.3, 0.4) is 0 Å². The Morgan fingerprint density at radius 2 is 2.30 bits per heavy atom. The van der Waals surface area contributed by atoms with Gasteiger partial charge in [-0.15, -0.1) is 0 Å². The van der Waals surface area contributed by atoms with E-state index in [9.17, 15) is 9.90 Å². The van der Waals surface area contributed by atoms with Gasteiger partial charge in [0.1, 0.15) is 18.1 Å². The van der Waals surface area contributed by atoms with Crippen molar-refractivity contribution in [3.63, 3.8) is 0 Å². The maximum atomic E-state index is 12.1. The lowest BCUT2D eigenvalue weighted by molar-refractivity contribution is -0.0459. The normalized spacial score (nSPS) is 29.6. The summed E-state index contributed by atoms with van der Waals surface area (Å²) >= 11 is 0. The van der Waals surface area contributed by atoms with Crippen LogP contribution in [0.5, 0.6) is 0 Å². The molecule has 7 heteroatoms. The molecule has 0 aromatic carbocycles. The second-order valence-corrected chi connectivity index (χ2v) is 5.50. The van der Waals surface area contributed by atoms with Gasteiger partial charge >= 0.3 is 5.69 Å². The van der Waals surface area contributed by atoms with Gasteiger partial charge in [-0.1, -0.05) is 0 Å². The Kier molecular flexibility index (Phi) is 3.49. The van der Waals surface area contributed by atoms with Crippen molar-refractivity contribution in [3.05, 3.63) is 22.2 Å². The van der Waals surface area contributed by atoms with Crippen LogP contribution in [0.1, 0.15) is 31.1 Å². The number of nitrogens with zero attached hydrogens (tertiary/aromatic N) is 2. The van der Waals surface area contributed by atoms with Crippen molar-refractivity contribution in [1.29, 1.82) is 0 Å². The Bertz CT molecular complexity index is 555. The topological polar surface area (TPSA) is 96.6 Å². The SMILES string of the molecule is Cc1cn([C@@H]2C[C@@H](O)[C@H](CO)O2)c(=O)nc1NC1CC1. The molecule has 7 nitrogen and oxygen atoms in total. The third-order valence-electron chi connectivity index (χ3n) is 3.75. The van der Waals surface area contributed by atoms with E-state index >= 15 is 0 Å². The molecule has 1 saturated heterocycles. The number of hydrogen-bond donors (Lipinski definition) is 3. The molecular weight excluding hydrogens is 262 g/mol. The molecule has 2 heterocycles. The summed E-state index contributed by atoms with van der Waals surface area (Å²) in [4.78, 5) is 16.1. The molecule has 2 aliphatic rings. The van der Waals surface area contributed by atoms with E-state index in [4.69, 9.17) is 9.84 Å². The molecule has 0 amide bonds. The molecule has 0 radical (unpaired) electrons. The Labute approximate surface area is 116 Å². The van der Waals surface area contributed by atoms with E-state index in [1.807, 2.05) is 6.92 Å². The lowest BCUT2D eigenvalue weighted by Crippen LogP contribution is -2.29. The molecular formula is C13H19N3O4. The largest absolute Gasteiger partial charge is 0.394 e. The van der Waals surface area contributed by atoms with E-state index in [2.05, 4.69) is 10.3 Å². The van der Waals surface area contributed by atoms with E-state index in [1.54, 1.807) is 6.20 Å². The Morgan fingerprint density at radius 3 is 2.90 bits per heavy atom. The molecule has 0 unspecified atom stereocenters. The first-order chi connectivity index (χ1) is 9.58. The van der Waals surface area contributed by atoms with Gasteiger partial charge in [-0.05, 0) is 19.8 Å². The van der Waals surface area contributed by atoms with Crippen molar-refractivity contribution in [1.82, 2.24) is 9.55 Å². The molecule has 1 aromatic rings. The molecule has 20 heavy (non-hydrogen) atoms. The molecule has 0 spiro atoms. The number of aromatic nitrogens is 2. The Hall–Kier alpha value is -1.44. The van der Waals surface area contributed by atoms with Crippen molar-refractivity contribution in [2.24, 2.45) is 0 Å². The third-order valence-corrected chi connectivity index (χ3v) is 3.75. The number of rotatable bonds is 4. The third kappa shape index (κ3) is 2.56. The average Bonchev–Trinajstić information content (AvgIpc) is 3.15. The van der Waals surface area contributed by atoms with Gasteiger partial charge in [-0.25, -0.2) is 4.79 Å². The first kappa shape index (κ1) is 13.5. The zero-order chi connectivity index (χ0) is 14.3. The predicted molar refractivity (Wildman–Crippen MR) is 71.5 cm³/mol. The van der Waals surface area contributed by atoms with Crippen molar-refractivity contribution in [2.45, 2.75) is 50.7 Å². The maximum Gasteiger partial charge on any atom is 0.351 e. The molecule has 0 bridgehead atoms. The van der Waals surface area contributed by atoms with Gasteiger partial charge in [-0.3, -0.25) is 4.57 Å². The Morgan fingerprint density at radius 1 is 1.55 bits per heavy atom. The second-order valence-electron chi connectivity index (χ2n) is 5.50. The van der Waals surface area contributed by atoms with Gasteiger partial charge in [0.2, 0.25) is 0 Å². The highest BCUT2D eigenvalue weighted by Gasteiger charge is 2.35. The summed E-state index contributed by atoms with van der Waals surface area (Å²) in [7, 11) is 0. The summed E-state index contributed by atoms with van der Waals surface area (Å²) in [5, 5.41) is 22.0.